The van der Waals surface area contributed by atoms with E-state index in [-0.39, 0.29) is 36.2 Å². The first-order valence-electron chi connectivity index (χ1n) is 8.20. The normalized spacial score (nSPS) is 18.7. The summed E-state index contributed by atoms with van der Waals surface area (Å²) in [6, 6.07) is 2.39. The molecule has 1 aliphatic heterocycles. The maximum absolute atomic E-state index is 13.7. The van der Waals surface area contributed by atoms with Crippen molar-refractivity contribution in [3.63, 3.8) is 0 Å². The lowest BCUT2D eigenvalue weighted by Gasteiger charge is -2.43. The minimum Gasteiger partial charge on any atom is -0.355 e. The maximum Gasteiger partial charge on any atom is 0.409 e. The SMILES string of the molecule is Cc1cc(F)ccc1CN1CCN(c2cn[nH]c(=O)c2Cl)[C@H](C(F)(F)F)C1. The molecule has 0 spiro atoms. The Morgan fingerprint density at radius 3 is 2.74 bits per heavy atom. The number of hydrogen-bond acceptors (Lipinski definition) is 4. The second kappa shape index (κ2) is 7.47. The predicted octanol–water partition coefficient (Wildman–Crippen LogP) is 3.12. The van der Waals surface area contributed by atoms with Crippen molar-refractivity contribution >= 4 is 17.3 Å². The molecule has 1 aromatic heterocycles. The van der Waals surface area contributed by atoms with Crippen molar-refractivity contribution in [1.29, 1.82) is 0 Å². The number of anilines is 1. The molecule has 2 aromatic rings. The summed E-state index contributed by atoms with van der Waals surface area (Å²) in [6.45, 7) is 2.04. The van der Waals surface area contributed by atoms with Gasteiger partial charge in [-0.1, -0.05) is 17.7 Å². The van der Waals surface area contributed by atoms with Crippen molar-refractivity contribution in [2.75, 3.05) is 24.5 Å². The van der Waals surface area contributed by atoms with Gasteiger partial charge in [0.05, 0.1) is 11.9 Å². The number of aromatic nitrogens is 2. The number of rotatable bonds is 3. The van der Waals surface area contributed by atoms with E-state index < -0.39 is 17.8 Å². The van der Waals surface area contributed by atoms with E-state index in [4.69, 9.17) is 11.6 Å². The smallest absolute Gasteiger partial charge is 0.355 e. The molecule has 1 atom stereocenters. The molecule has 1 aromatic carbocycles. The van der Waals surface area contributed by atoms with Gasteiger partial charge in [-0.25, -0.2) is 9.49 Å². The molecule has 1 N–H and O–H groups in total. The van der Waals surface area contributed by atoms with Crippen LogP contribution in [-0.4, -0.2) is 46.9 Å². The maximum atomic E-state index is 13.7. The number of aromatic amines is 1. The minimum absolute atomic E-state index is 0.0231. The average Bonchev–Trinajstić information content (AvgIpc) is 2.59. The molecule has 0 saturated carbocycles. The fourth-order valence-electron chi connectivity index (χ4n) is 3.20. The van der Waals surface area contributed by atoms with E-state index in [0.717, 1.165) is 16.7 Å². The number of alkyl halides is 3. The van der Waals surface area contributed by atoms with E-state index in [0.29, 0.717) is 12.1 Å². The Bertz CT molecular complexity index is 886. The lowest BCUT2D eigenvalue weighted by atomic mass is 10.1. The van der Waals surface area contributed by atoms with Gasteiger partial charge in [-0.2, -0.15) is 18.3 Å². The lowest BCUT2D eigenvalue weighted by molar-refractivity contribution is -0.157. The van der Waals surface area contributed by atoms with Gasteiger partial charge in [0.15, 0.2) is 0 Å². The zero-order valence-corrected chi connectivity index (χ0v) is 15.1. The number of hydrogen-bond donors (Lipinski definition) is 1. The average molecular weight is 405 g/mol. The highest BCUT2D eigenvalue weighted by molar-refractivity contribution is 6.33. The lowest BCUT2D eigenvalue weighted by Crippen LogP contribution is -2.59. The van der Waals surface area contributed by atoms with Gasteiger partial charge in [0, 0.05) is 26.2 Å². The summed E-state index contributed by atoms with van der Waals surface area (Å²) in [5.41, 5.74) is 0.671. The third-order valence-electron chi connectivity index (χ3n) is 4.63. The predicted molar refractivity (Wildman–Crippen MR) is 93.5 cm³/mol. The van der Waals surface area contributed by atoms with Gasteiger partial charge in [0.25, 0.3) is 5.56 Å². The highest BCUT2D eigenvalue weighted by Gasteiger charge is 2.47. The van der Waals surface area contributed by atoms with Gasteiger partial charge in [-0.05, 0) is 30.2 Å². The first-order valence-corrected chi connectivity index (χ1v) is 8.58. The van der Waals surface area contributed by atoms with Crippen molar-refractivity contribution in [3.8, 4) is 0 Å². The van der Waals surface area contributed by atoms with Crippen molar-refractivity contribution in [2.45, 2.75) is 25.7 Å². The summed E-state index contributed by atoms with van der Waals surface area (Å²) in [5.74, 6) is -0.384. The number of halogens is 5. The summed E-state index contributed by atoms with van der Waals surface area (Å²) in [6.07, 6.45) is -3.40. The van der Waals surface area contributed by atoms with Crippen LogP contribution in [-0.2, 0) is 6.54 Å². The summed E-state index contributed by atoms with van der Waals surface area (Å²) in [7, 11) is 0. The quantitative estimate of drug-likeness (QED) is 0.799. The van der Waals surface area contributed by atoms with Gasteiger partial charge in [0.2, 0.25) is 0 Å². The van der Waals surface area contributed by atoms with Gasteiger partial charge in [-0.15, -0.1) is 0 Å². The third-order valence-corrected chi connectivity index (χ3v) is 4.99. The summed E-state index contributed by atoms with van der Waals surface area (Å²) in [4.78, 5) is 14.3. The third kappa shape index (κ3) is 4.24. The minimum atomic E-state index is -4.53. The molecule has 0 unspecified atom stereocenters. The Morgan fingerprint density at radius 2 is 2.07 bits per heavy atom. The van der Waals surface area contributed by atoms with Gasteiger partial charge in [0.1, 0.15) is 16.9 Å². The Kier molecular flexibility index (Phi) is 5.43. The Labute approximate surface area is 157 Å². The molecule has 3 rings (SSSR count). The topological polar surface area (TPSA) is 52.2 Å². The molecule has 0 radical (unpaired) electrons. The zero-order chi connectivity index (χ0) is 19.8. The second-order valence-corrected chi connectivity index (χ2v) is 6.83. The Hall–Kier alpha value is -2.13. The largest absolute Gasteiger partial charge is 0.409 e. The highest BCUT2D eigenvalue weighted by atomic mass is 35.5. The second-order valence-electron chi connectivity index (χ2n) is 6.46. The van der Waals surface area contributed by atoms with E-state index in [9.17, 15) is 22.4 Å². The van der Waals surface area contributed by atoms with Crippen molar-refractivity contribution in [1.82, 2.24) is 15.1 Å². The summed E-state index contributed by atoms with van der Waals surface area (Å²) >= 11 is 5.90. The number of nitrogens with one attached hydrogen (secondary N) is 1. The fourth-order valence-corrected chi connectivity index (χ4v) is 3.40. The first-order chi connectivity index (χ1) is 12.7. The van der Waals surface area contributed by atoms with Crippen LogP contribution in [0.25, 0.3) is 0 Å². The number of piperazine rings is 1. The monoisotopic (exact) mass is 404 g/mol. The highest BCUT2D eigenvalue weighted by Crippen LogP contribution is 2.34. The van der Waals surface area contributed by atoms with Crippen LogP contribution in [0, 0.1) is 12.7 Å². The molecule has 1 aliphatic rings. The van der Waals surface area contributed by atoms with Crippen LogP contribution < -0.4 is 10.5 Å². The van der Waals surface area contributed by atoms with Gasteiger partial charge < -0.3 is 4.90 Å². The van der Waals surface area contributed by atoms with Crippen molar-refractivity contribution in [2.24, 2.45) is 0 Å². The van der Waals surface area contributed by atoms with E-state index in [1.165, 1.54) is 12.1 Å². The van der Waals surface area contributed by atoms with Crippen molar-refractivity contribution in [3.05, 3.63) is 56.7 Å². The van der Waals surface area contributed by atoms with E-state index in [1.54, 1.807) is 17.9 Å². The molecular weight excluding hydrogens is 388 g/mol. The molecule has 0 bridgehead atoms. The first kappa shape index (κ1) is 19.6. The van der Waals surface area contributed by atoms with E-state index in [1.807, 2.05) is 0 Å². The van der Waals surface area contributed by atoms with Gasteiger partial charge >= 0.3 is 6.18 Å². The number of H-pyrrole nitrogens is 1. The number of aryl methyl sites for hydroxylation is 1. The number of nitrogens with zero attached hydrogens (tertiary/aromatic N) is 3. The van der Waals surface area contributed by atoms with E-state index >= 15 is 0 Å². The molecular formula is C17H17ClF4N4O. The summed E-state index contributed by atoms with van der Waals surface area (Å²) in [5, 5.41) is 5.34. The molecule has 1 fully saturated rings. The van der Waals surface area contributed by atoms with Crippen LogP contribution in [0.4, 0.5) is 23.2 Å². The van der Waals surface area contributed by atoms with Crippen LogP contribution in [0.2, 0.25) is 5.02 Å². The molecule has 1 saturated heterocycles. The van der Waals surface area contributed by atoms with Crippen LogP contribution in [0.5, 0.6) is 0 Å². The molecule has 146 valence electrons. The fraction of sp³-hybridized carbons (Fsp3) is 0.412. The Morgan fingerprint density at radius 1 is 1.33 bits per heavy atom. The van der Waals surface area contributed by atoms with Crippen molar-refractivity contribution < 1.29 is 17.6 Å². The molecule has 5 nitrogen and oxygen atoms in total. The van der Waals surface area contributed by atoms with Crippen LogP contribution >= 0.6 is 11.6 Å². The zero-order valence-electron chi connectivity index (χ0n) is 14.4. The Balaban J connectivity index is 1.85. The van der Waals surface area contributed by atoms with Crippen LogP contribution in [0.15, 0.2) is 29.2 Å². The molecule has 0 amide bonds. The molecule has 2 heterocycles. The molecule has 10 heteroatoms. The van der Waals surface area contributed by atoms with E-state index in [2.05, 4.69) is 10.2 Å². The molecule has 27 heavy (non-hydrogen) atoms. The summed E-state index contributed by atoms with van der Waals surface area (Å²) < 4.78 is 54.3. The molecule has 0 aliphatic carbocycles. The van der Waals surface area contributed by atoms with Crippen LogP contribution in [0.3, 0.4) is 0 Å². The standard InChI is InChI=1S/C17H17ClF4N4O/c1-10-6-12(19)3-2-11(10)8-25-4-5-26(14(9-25)17(20,21)22)13-7-23-24-16(27)15(13)18/h2-3,6-7,14H,4-5,8-9H2,1H3,(H,24,27)/t14-/m0/s1. The van der Waals surface area contributed by atoms with Gasteiger partial charge in [-0.3, -0.25) is 9.69 Å². The number of benzene rings is 1. The van der Waals surface area contributed by atoms with Crippen LogP contribution in [0.1, 0.15) is 11.1 Å².